The van der Waals surface area contributed by atoms with Crippen LogP contribution in [0.5, 0.6) is 0 Å². The first kappa shape index (κ1) is 15.3. The molecule has 0 spiro atoms. The molecule has 0 aliphatic heterocycles. The Morgan fingerprint density at radius 3 is 2.28 bits per heavy atom. The Balaban J connectivity index is 2.81. The van der Waals surface area contributed by atoms with Gasteiger partial charge in [-0.25, -0.2) is 10.1 Å². The second-order valence-electron chi connectivity index (χ2n) is 4.45. The molecule has 4 N–H and O–H groups in total. The van der Waals surface area contributed by atoms with E-state index in [1.165, 1.54) is 7.11 Å². The Labute approximate surface area is 104 Å². The van der Waals surface area contributed by atoms with Crippen molar-refractivity contribution in [3.63, 3.8) is 0 Å². The van der Waals surface area contributed by atoms with Crippen molar-refractivity contribution in [3.05, 3.63) is 0 Å². The van der Waals surface area contributed by atoms with E-state index in [4.69, 9.17) is 5.26 Å². The summed E-state index contributed by atoms with van der Waals surface area (Å²) in [6.07, 6.45) is -3.82. The van der Waals surface area contributed by atoms with Crippen LogP contribution in [0.4, 0.5) is 0 Å². The minimum absolute atomic E-state index is 0.0628. The monoisotopic (exact) mass is 266 g/mol. The predicted molar refractivity (Wildman–Crippen MR) is 56.0 cm³/mol. The fourth-order valence-electron chi connectivity index (χ4n) is 2.35. The molecule has 8 nitrogen and oxygen atoms in total. The second-order valence-corrected chi connectivity index (χ2v) is 4.45. The predicted octanol–water partition coefficient (Wildman–Crippen LogP) is -1.17. The van der Waals surface area contributed by atoms with E-state index in [9.17, 15) is 20.1 Å². The zero-order chi connectivity index (χ0) is 13.8. The topological polar surface area (TPSA) is 126 Å². The van der Waals surface area contributed by atoms with Gasteiger partial charge in [-0.05, 0) is 19.3 Å². The summed E-state index contributed by atoms with van der Waals surface area (Å²) in [6, 6.07) is 0. The van der Waals surface area contributed by atoms with Crippen LogP contribution in [-0.4, -0.2) is 58.6 Å². The van der Waals surface area contributed by atoms with Gasteiger partial charge < -0.3 is 20.1 Å². The molecule has 2 atom stereocenters. The van der Waals surface area contributed by atoms with Gasteiger partial charge in [-0.3, -0.25) is 4.79 Å². The van der Waals surface area contributed by atoms with Crippen molar-refractivity contribution in [2.24, 2.45) is 5.41 Å². The van der Waals surface area contributed by atoms with Gasteiger partial charge in [0.1, 0.15) is 6.10 Å². The minimum Gasteiger partial charge on any atom is -0.469 e. The summed E-state index contributed by atoms with van der Waals surface area (Å²) in [6.45, 7) is -0.124. The van der Waals surface area contributed by atoms with Crippen molar-refractivity contribution in [1.29, 1.82) is 0 Å². The van der Waals surface area contributed by atoms with E-state index in [-0.39, 0.29) is 25.9 Å². The Morgan fingerprint density at radius 1 is 1.28 bits per heavy atom. The average molecular weight is 266 g/mol. The fourth-order valence-corrected chi connectivity index (χ4v) is 2.35. The lowest BCUT2D eigenvalue weighted by molar-refractivity contribution is -0.491. The summed E-state index contributed by atoms with van der Waals surface area (Å²) in [7, 11) is 1.19. The van der Waals surface area contributed by atoms with Crippen LogP contribution in [0.3, 0.4) is 0 Å². The van der Waals surface area contributed by atoms with Gasteiger partial charge >= 0.3 is 5.97 Å². The molecule has 1 aliphatic rings. The smallest absolute Gasteiger partial charge is 0.312 e. The summed E-state index contributed by atoms with van der Waals surface area (Å²) < 4.78 is 4.65. The third-order valence-electron chi connectivity index (χ3n) is 3.32. The number of aliphatic hydroxyl groups is 3. The first-order valence-electron chi connectivity index (χ1n) is 5.52. The van der Waals surface area contributed by atoms with Crippen LogP contribution in [0.2, 0.25) is 0 Å². The number of methoxy groups -OCH3 is 1. The molecule has 106 valence electrons. The quantitative estimate of drug-likeness (QED) is 0.212. The summed E-state index contributed by atoms with van der Waals surface area (Å²) >= 11 is 0. The zero-order valence-electron chi connectivity index (χ0n) is 9.98. The van der Waals surface area contributed by atoms with E-state index in [2.05, 4.69) is 14.7 Å². The standard InChI is InChI=1S/C10H18O8/c1-16-9(14)10(2-3-17-18-15)4-6(11)8(13)7(12)5-10/h6-8,11-13,15H,2-5H2,1H3/t6-,7-,8?,10?/m1/s1. The number of rotatable bonds is 5. The van der Waals surface area contributed by atoms with Crippen LogP contribution < -0.4 is 0 Å². The molecule has 0 heterocycles. The van der Waals surface area contributed by atoms with E-state index >= 15 is 0 Å². The maximum Gasteiger partial charge on any atom is 0.312 e. The molecule has 0 aromatic heterocycles. The molecular weight excluding hydrogens is 248 g/mol. The van der Waals surface area contributed by atoms with Crippen LogP contribution in [0.25, 0.3) is 0 Å². The van der Waals surface area contributed by atoms with Gasteiger partial charge in [-0.2, -0.15) is 0 Å². The Kier molecular flexibility index (Phi) is 5.45. The van der Waals surface area contributed by atoms with E-state index < -0.39 is 29.7 Å². The first-order valence-corrected chi connectivity index (χ1v) is 5.52. The first-order chi connectivity index (χ1) is 8.46. The molecule has 1 saturated carbocycles. The third-order valence-corrected chi connectivity index (χ3v) is 3.32. The van der Waals surface area contributed by atoms with E-state index in [0.717, 1.165) is 0 Å². The van der Waals surface area contributed by atoms with Crippen LogP contribution in [0, 0.1) is 5.41 Å². The molecule has 1 aliphatic carbocycles. The summed E-state index contributed by atoms with van der Waals surface area (Å²) in [5.41, 5.74) is -1.18. The number of carbonyl (C=O) groups excluding carboxylic acids is 1. The van der Waals surface area contributed by atoms with Gasteiger partial charge in [0.05, 0.1) is 31.3 Å². The van der Waals surface area contributed by atoms with Gasteiger partial charge in [0.25, 0.3) is 0 Å². The van der Waals surface area contributed by atoms with Gasteiger partial charge in [0.15, 0.2) is 0 Å². The molecule has 0 bridgehead atoms. The number of hydrogen-bond donors (Lipinski definition) is 4. The molecule has 1 rings (SSSR count). The molecule has 0 aromatic rings. The van der Waals surface area contributed by atoms with Crippen LogP contribution in [0.15, 0.2) is 0 Å². The Morgan fingerprint density at radius 2 is 1.83 bits per heavy atom. The van der Waals surface area contributed by atoms with Gasteiger partial charge in [0.2, 0.25) is 0 Å². The number of esters is 1. The van der Waals surface area contributed by atoms with Crippen molar-refractivity contribution < 1.29 is 40.0 Å². The van der Waals surface area contributed by atoms with Gasteiger partial charge in [-0.1, -0.05) is 5.04 Å². The molecule has 0 unspecified atom stereocenters. The molecule has 0 amide bonds. The highest BCUT2D eigenvalue weighted by Crippen LogP contribution is 2.40. The maximum absolute atomic E-state index is 11.8. The van der Waals surface area contributed by atoms with Gasteiger partial charge in [-0.15, -0.1) is 0 Å². The zero-order valence-corrected chi connectivity index (χ0v) is 9.98. The summed E-state index contributed by atoms with van der Waals surface area (Å²) in [4.78, 5) is 16.1. The highest BCUT2D eigenvalue weighted by Gasteiger charge is 2.49. The lowest BCUT2D eigenvalue weighted by Gasteiger charge is -2.41. The molecule has 8 heteroatoms. The van der Waals surface area contributed by atoms with E-state index in [1.807, 2.05) is 0 Å². The number of ether oxygens (including phenoxy) is 1. The third kappa shape index (κ3) is 3.16. The molecule has 18 heavy (non-hydrogen) atoms. The summed E-state index contributed by atoms with van der Waals surface area (Å²) in [5, 5.41) is 40.2. The van der Waals surface area contributed by atoms with E-state index in [0.29, 0.717) is 0 Å². The molecule has 0 aromatic carbocycles. The largest absolute Gasteiger partial charge is 0.469 e. The average Bonchev–Trinajstić information content (AvgIpc) is 2.35. The van der Waals surface area contributed by atoms with Gasteiger partial charge in [0, 0.05) is 0 Å². The normalized spacial score (nSPS) is 36.4. The second kappa shape index (κ2) is 6.41. The van der Waals surface area contributed by atoms with Crippen LogP contribution >= 0.6 is 0 Å². The molecule has 0 saturated heterocycles. The van der Waals surface area contributed by atoms with Crippen LogP contribution in [-0.2, 0) is 19.5 Å². The highest BCUT2D eigenvalue weighted by atomic mass is 17.5. The Bertz CT molecular complexity index is 269. The lowest BCUT2D eigenvalue weighted by atomic mass is 9.68. The minimum atomic E-state index is -1.29. The number of hydrogen-bond acceptors (Lipinski definition) is 8. The Hall–Kier alpha value is -0.770. The molecular formula is C10H18O8. The fraction of sp³-hybridized carbons (Fsp3) is 0.900. The summed E-state index contributed by atoms with van der Waals surface area (Å²) in [5.74, 6) is -0.617. The lowest BCUT2D eigenvalue weighted by Crippen LogP contribution is -2.52. The van der Waals surface area contributed by atoms with Crippen molar-refractivity contribution in [2.75, 3.05) is 13.7 Å². The van der Waals surface area contributed by atoms with Crippen LogP contribution in [0.1, 0.15) is 19.3 Å². The maximum atomic E-state index is 11.8. The van der Waals surface area contributed by atoms with Crippen molar-refractivity contribution >= 4 is 5.97 Å². The van der Waals surface area contributed by atoms with E-state index in [1.54, 1.807) is 0 Å². The SMILES string of the molecule is COC(=O)C1(CCOOO)C[C@@H](O)C(O)[C@H](O)C1. The van der Waals surface area contributed by atoms with Crippen molar-refractivity contribution in [1.82, 2.24) is 0 Å². The highest BCUT2D eigenvalue weighted by molar-refractivity contribution is 5.77. The van der Waals surface area contributed by atoms with Crippen molar-refractivity contribution in [2.45, 2.75) is 37.6 Å². The molecule has 1 fully saturated rings. The number of carbonyl (C=O) groups is 1. The van der Waals surface area contributed by atoms with Crippen molar-refractivity contribution in [3.8, 4) is 0 Å². The molecule has 0 radical (unpaired) electrons. The number of aliphatic hydroxyl groups excluding tert-OH is 3.